The van der Waals surface area contributed by atoms with Gasteiger partial charge in [0.25, 0.3) is 0 Å². The molecule has 0 heterocycles. The number of allylic oxidation sites excluding steroid dienone is 1. The Labute approximate surface area is 130 Å². The zero-order chi connectivity index (χ0) is 15.4. The van der Waals surface area contributed by atoms with Gasteiger partial charge in [-0.05, 0) is 54.0 Å². The Morgan fingerprint density at radius 1 is 1.14 bits per heavy atom. The Morgan fingerprint density at radius 2 is 1.81 bits per heavy atom. The summed E-state index contributed by atoms with van der Waals surface area (Å²) >= 11 is 5.88. The molecule has 0 bridgehead atoms. The van der Waals surface area contributed by atoms with Crippen LogP contribution in [0.2, 0.25) is 5.02 Å². The molecule has 0 fully saturated rings. The van der Waals surface area contributed by atoms with Crippen molar-refractivity contribution in [2.24, 2.45) is 0 Å². The van der Waals surface area contributed by atoms with Crippen molar-refractivity contribution in [1.29, 1.82) is 5.26 Å². The van der Waals surface area contributed by atoms with E-state index in [1.54, 1.807) is 12.1 Å². The van der Waals surface area contributed by atoms with Gasteiger partial charge in [0, 0.05) is 24.8 Å². The van der Waals surface area contributed by atoms with Gasteiger partial charge in [0.1, 0.15) is 0 Å². The highest BCUT2D eigenvalue weighted by Gasteiger charge is 2.04. The van der Waals surface area contributed by atoms with Gasteiger partial charge >= 0.3 is 0 Å². The molecule has 21 heavy (non-hydrogen) atoms. The van der Waals surface area contributed by atoms with E-state index in [1.807, 2.05) is 38.4 Å². The van der Waals surface area contributed by atoms with Crippen molar-refractivity contribution in [3.63, 3.8) is 0 Å². The van der Waals surface area contributed by atoms with Crippen LogP contribution in [0.1, 0.15) is 16.7 Å². The molecule has 0 aliphatic rings. The van der Waals surface area contributed by atoms with Crippen molar-refractivity contribution >= 4 is 28.9 Å². The average Bonchev–Trinajstić information content (AvgIpc) is 2.47. The van der Waals surface area contributed by atoms with E-state index in [4.69, 9.17) is 11.6 Å². The Balaban J connectivity index is 2.41. The lowest BCUT2D eigenvalue weighted by Crippen LogP contribution is -2.08. The zero-order valence-electron chi connectivity index (χ0n) is 12.4. The Hall–Kier alpha value is -2.24. The molecule has 0 saturated carbocycles. The fraction of sp³-hybridized carbons (Fsp3) is 0.167. The molecule has 0 aliphatic carbocycles. The number of hydrogen-bond acceptors (Lipinski definition) is 2. The molecule has 2 rings (SSSR count). The lowest BCUT2D eigenvalue weighted by molar-refractivity contribution is 1.13. The summed E-state index contributed by atoms with van der Waals surface area (Å²) < 4.78 is 0. The second-order valence-corrected chi connectivity index (χ2v) is 5.55. The molecule has 0 aliphatic heterocycles. The van der Waals surface area contributed by atoms with Gasteiger partial charge in [0.2, 0.25) is 0 Å². The summed E-state index contributed by atoms with van der Waals surface area (Å²) in [6.45, 7) is 2.05. The Kier molecular flexibility index (Phi) is 4.67. The van der Waals surface area contributed by atoms with Crippen molar-refractivity contribution in [1.82, 2.24) is 0 Å². The minimum absolute atomic E-state index is 0.632. The fourth-order valence-corrected chi connectivity index (χ4v) is 2.19. The van der Waals surface area contributed by atoms with Crippen LogP contribution in [-0.2, 0) is 0 Å². The molecule has 3 heteroatoms. The highest BCUT2D eigenvalue weighted by atomic mass is 35.5. The summed E-state index contributed by atoms with van der Waals surface area (Å²) in [4.78, 5) is 2.06. The first-order valence-electron chi connectivity index (χ1n) is 6.67. The van der Waals surface area contributed by atoms with Gasteiger partial charge in [-0.1, -0.05) is 29.8 Å². The first-order valence-corrected chi connectivity index (χ1v) is 7.05. The molecular weight excluding hydrogens is 280 g/mol. The first kappa shape index (κ1) is 15.2. The van der Waals surface area contributed by atoms with Crippen molar-refractivity contribution in [3.8, 4) is 6.07 Å². The van der Waals surface area contributed by atoms with E-state index in [0.717, 1.165) is 22.4 Å². The molecular formula is C18H17ClN2. The molecule has 0 aromatic heterocycles. The van der Waals surface area contributed by atoms with Crippen molar-refractivity contribution in [2.75, 3.05) is 19.0 Å². The number of nitrogens with zero attached hydrogens (tertiary/aromatic N) is 2. The van der Waals surface area contributed by atoms with Crippen LogP contribution in [0.5, 0.6) is 0 Å². The highest BCUT2D eigenvalue weighted by molar-refractivity contribution is 6.30. The normalized spacial score (nSPS) is 11.1. The van der Waals surface area contributed by atoms with Crippen LogP contribution in [0.25, 0.3) is 11.6 Å². The molecule has 0 N–H and O–H groups in total. The van der Waals surface area contributed by atoms with E-state index in [1.165, 1.54) is 0 Å². The number of anilines is 1. The third-order valence-corrected chi connectivity index (χ3v) is 3.60. The Morgan fingerprint density at radius 3 is 2.33 bits per heavy atom. The van der Waals surface area contributed by atoms with Gasteiger partial charge in [0.15, 0.2) is 0 Å². The fourth-order valence-electron chi connectivity index (χ4n) is 2.07. The first-order chi connectivity index (χ1) is 10.0. The molecule has 0 atom stereocenters. The Bertz CT molecular complexity index is 707. The highest BCUT2D eigenvalue weighted by Crippen LogP contribution is 2.23. The monoisotopic (exact) mass is 296 g/mol. The molecule has 0 spiro atoms. The number of hydrogen-bond donors (Lipinski definition) is 0. The average molecular weight is 297 g/mol. The number of nitriles is 1. The zero-order valence-corrected chi connectivity index (χ0v) is 13.1. The van der Waals surface area contributed by atoms with Gasteiger partial charge in [-0.2, -0.15) is 5.26 Å². The number of rotatable bonds is 3. The van der Waals surface area contributed by atoms with Gasteiger partial charge in [-0.3, -0.25) is 0 Å². The third-order valence-electron chi connectivity index (χ3n) is 3.35. The maximum Gasteiger partial charge on any atom is 0.0998 e. The summed E-state index contributed by atoms with van der Waals surface area (Å²) in [6, 6.07) is 15.8. The van der Waals surface area contributed by atoms with Gasteiger partial charge in [0.05, 0.1) is 11.6 Å². The summed E-state index contributed by atoms with van der Waals surface area (Å²) in [7, 11) is 4.03. The van der Waals surface area contributed by atoms with E-state index >= 15 is 0 Å². The van der Waals surface area contributed by atoms with Gasteiger partial charge < -0.3 is 4.90 Å². The van der Waals surface area contributed by atoms with Crippen molar-refractivity contribution < 1.29 is 0 Å². The lowest BCUT2D eigenvalue weighted by Gasteiger charge is -2.14. The smallest absolute Gasteiger partial charge is 0.0998 e. The van der Waals surface area contributed by atoms with Crippen LogP contribution < -0.4 is 4.90 Å². The molecule has 2 nitrogen and oxygen atoms in total. The van der Waals surface area contributed by atoms with E-state index in [0.29, 0.717) is 10.6 Å². The largest absolute Gasteiger partial charge is 0.378 e. The summed E-state index contributed by atoms with van der Waals surface area (Å²) in [6.07, 6.45) is 1.91. The van der Waals surface area contributed by atoms with Crippen LogP contribution in [0.3, 0.4) is 0 Å². The third kappa shape index (κ3) is 3.65. The molecule has 2 aromatic rings. The van der Waals surface area contributed by atoms with E-state index in [2.05, 4.69) is 30.0 Å². The van der Waals surface area contributed by atoms with Crippen molar-refractivity contribution in [3.05, 3.63) is 64.2 Å². The molecule has 0 saturated heterocycles. The second-order valence-electron chi connectivity index (χ2n) is 5.11. The number of halogens is 1. The second kappa shape index (κ2) is 6.47. The van der Waals surface area contributed by atoms with Gasteiger partial charge in [-0.15, -0.1) is 0 Å². The quantitative estimate of drug-likeness (QED) is 0.602. The van der Waals surface area contributed by atoms with E-state index < -0.39 is 0 Å². The minimum atomic E-state index is 0.632. The molecule has 106 valence electrons. The van der Waals surface area contributed by atoms with Crippen LogP contribution in [0, 0.1) is 18.3 Å². The SMILES string of the molecule is Cc1cc(N(C)C)ccc1/C=C(\C#N)c1ccc(Cl)cc1. The molecule has 0 unspecified atom stereocenters. The summed E-state index contributed by atoms with van der Waals surface area (Å²) in [5.41, 5.74) is 4.84. The maximum absolute atomic E-state index is 9.38. The topological polar surface area (TPSA) is 27.0 Å². The summed E-state index contributed by atoms with van der Waals surface area (Å²) in [5.74, 6) is 0. The molecule has 0 radical (unpaired) electrons. The minimum Gasteiger partial charge on any atom is -0.378 e. The lowest BCUT2D eigenvalue weighted by atomic mass is 10.0. The predicted octanol–water partition coefficient (Wildman–Crippen LogP) is 4.78. The van der Waals surface area contributed by atoms with E-state index in [-0.39, 0.29) is 0 Å². The number of aryl methyl sites for hydroxylation is 1. The standard InChI is InChI=1S/C18H17ClN2/c1-13-10-18(21(2)3)9-6-15(13)11-16(12-20)14-4-7-17(19)8-5-14/h4-11H,1-3H3/b16-11+. The predicted molar refractivity (Wildman–Crippen MR) is 90.4 cm³/mol. The summed E-state index contributed by atoms with van der Waals surface area (Å²) in [5, 5.41) is 10.1. The van der Waals surface area contributed by atoms with Crippen molar-refractivity contribution in [2.45, 2.75) is 6.92 Å². The van der Waals surface area contributed by atoms with Crippen LogP contribution in [0.4, 0.5) is 5.69 Å². The molecule has 0 amide bonds. The van der Waals surface area contributed by atoms with Crippen LogP contribution >= 0.6 is 11.6 Å². The number of benzene rings is 2. The van der Waals surface area contributed by atoms with E-state index in [9.17, 15) is 5.26 Å². The van der Waals surface area contributed by atoms with Crippen LogP contribution in [0.15, 0.2) is 42.5 Å². The maximum atomic E-state index is 9.38. The molecule has 2 aromatic carbocycles. The van der Waals surface area contributed by atoms with Crippen LogP contribution in [-0.4, -0.2) is 14.1 Å². The van der Waals surface area contributed by atoms with Gasteiger partial charge in [-0.25, -0.2) is 0 Å².